The Hall–Kier alpha value is -1.88. The van der Waals surface area contributed by atoms with E-state index in [1.807, 2.05) is 17.3 Å². The van der Waals surface area contributed by atoms with Gasteiger partial charge in [-0.2, -0.15) is 0 Å². The molecule has 1 saturated heterocycles. The number of piperidine rings is 1. The number of likely N-dealkylation sites (tertiary alicyclic amines) is 1. The van der Waals surface area contributed by atoms with Crippen LogP contribution in [0.15, 0.2) is 30.6 Å². The molecule has 25 heavy (non-hydrogen) atoms. The van der Waals surface area contributed by atoms with Gasteiger partial charge >= 0.3 is 0 Å². The average molecular weight is 362 g/mol. The molecule has 0 N–H and O–H groups in total. The van der Waals surface area contributed by atoms with E-state index >= 15 is 0 Å². The predicted octanol–water partition coefficient (Wildman–Crippen LogP) is 4.11. The van der Waals surface area contributed by atoms with Gasteiger partial charge in [-0.25, -0.2) is 9.37 Å². The van der Waals surface area contributed by atoms with Crippen molar-refractivity contribution in [3.63, 3.8) is 0 Å². The average Bonchev–Trinajstić information content (AvgIpc) is 3.32. The SMILES string of the molecule is O=C(c1ccc(Cl)c(F)c1)N1CCCC(c2nccn2CC2CC2)C1. The van der Waals surface area contributed by atoms with Crippen molar-refractivity contribution >= 4 is 17.5 Å². The first-order valence-electron chi connectivity index (χ1n) is 8.87. The van der Waals surface area contributed by atoms with Gasteiger partial charge in [-0.05, 0) is 49.8 Å². The van der Waals surface area contributed by atoms with Gasteiger partial charge in [0.2, 0.25) is 0 Å². The highest BCUT2D eigenvalue weighted by Gasteiger charge is 2.30. The lowest BCUT2D eigenvalue weighted by Gasteiger charge is -2.33. The highest BCUT2D eigenvalue weighted by Crippen LogP contribution is 2.33. The second-order valence-electron chi connectivity index (χ2n) is 7.10. The summed E-state index contributed by atoms with van der Waals surface area (Å²) in [6, 6.07) is 4.25. The lowest BCUT2D eigenvalue weighted by Crippen LogP contribution is -2.39. The number of carbonyl (C=O) groups excluding carboxylic acids is 1. The molecule has 2 fully saturated rings. The molecule has 1 aliphatic carbocycles. The lowest BCUT2D eigenvalue weighted by atomic mass is 9.96. The van der Waals surface area contributed by atoms with Crippen molar-refractivity contribution in [1.29, 1.82) is 0 Å². The van der Waals surface area contributed by atoms with Crippen LogP contribution in [0.2, 0.25) is 5.02 Å². The summed E-state index contributed by atoms with van der Waals surface area (Å²) in [6.45, 7) is 2.36. The number of halogens is 2. The zero-order valence-electron chi connectivity index (χ0n) is 14.0. The van der Waals surface area contributed by atoms with E-state index in [0.717, 1.165) is 31.1 Å². The van der Waals surface area contributed by atoms with E-state index in [0.29, 0.717) is 18.7 Å². The molecule has 1 amide bonds. The Morgan fingerprint density at radius 1 is 1.32 bits per heavy atom. The van der Waals surface area contributed by atoms with Crippen LogP contribution in [0.1, 0.15) is 47.8 Å². The van der Waals surface area contributed by atoms with Gasteiger partial charge in [-0.15, -0.1) is 0 Å². The van der Waals surface area contributed by atoms with Crippen LogP contribution in [0.25, 0.3) is 0 Å². The standard InChI is InChI=1S/C19H21ClFN3O/c20-16-6-5-14(10-17(16)21)19(25)24-8-1-2-15(12-24)18-22-7-9-23(18)11-13-3-4-13/h5-7,9-10,13,15H,1-4,8,11-12H2. The molecule has 6 heteroatoms. The third-order valence-corrected chi connectivity index (χ3v) is 5.45. The number of benzene rings is 1. The van der Waals surface area contributed by atoms with Crippen molar-refractivity contribution < 1.29 is 9.18 Å². The predicted molar refractivity (Wildman–Crippen MR) is 94.2 cm³/mol. The van der Waals surface area contributed by atoms with Gasteiger partial charge < -0.3 is 9.47 Å². The third kappa shape index (κ3) is 3.56. The lowest BCUT2D eigenvalue weighted by molar-refractivity contribution is 0.0702. The smallest absolute Gasteiger partial charge is 0.253 e. The number of hydrogen-bond donors (Lipinski definition) is 0. The molecule has 1 aromatic carbocycles. The molecule has 1 saturated carbocycles. The van der Waals surface area contributed by atoms with Crippen LogP contribution in [-0.4, -0.2) is 33.4 Å². The molecule has 2 aromatic rings. The summed E-state index contributed by atoms with van der Waals surface area (Å²) in [4.78, 5) is 19.1. The number of nitrogens with zero attached hydrogens (tertiary/aromatic N) is 3. The van der Waals surface area contributed by atoms with Crippen molar-refractivity contribution in [2.75, 3.05) is 13.1 Å². The molecule has 2 heterocycles. The van der Waals surface area contributed by atoms with Gasteiger partial charge in [0.1, 0.15) is 11.6 Å². The van der Waals surface area contributed by atoms with E-state index in [9.17, 15) is 9.18 Å². The number of rotatable bonds is 4. The minimum absolute atomic E-state index is 0.0372. The molecule has 1 aliphatic heterocycles. The van der Waals surface area contributed by atoms with E-state index in [4.69, 9.17) is 11.6 Å². The van der Waals surface area contributed by atoms with Crippen molar-refractivity contribution in [2.45, 2.75) is 38.1 Å². The third-order valence-electron chi connectivity index (χ3n) is 5.14. The molecule has 4 rings (SSSR count). The molecule has 132 valence electrons. The fraction of sp³-hybridized carbons (Fsp3) is 0.474. The molecule has 1 unspecified atom stereocenters. The van der Waals surface area contributed by atoms with Crippen LogP contribution in [0, 0.1) is 11.7 Å². The van der Waals surface area contributed by atoms with Gasteiger partial charge in [0.25, 0.3) is 5.91 Å². The number of hydrogen-bond acceptors (Lipinski definition) is 2. The highest BCUT2D eigenvalue weighted by molar-refractivity contribution is 6.30. The molecular formula is C19H21ClFN3O. The molecule has 0 spiro atoms. The molecule has 2 aliphatic rings. The maximum atomic E-state index is 13.7. The second kappa shape index (κ2) is 6.79. The molecule has 0 bridgehead atoms. The Morgan fingerprint density at radius 3 is 2.92 bits per heavy atom. The maximum Gasteiger partial charge on any atom is 0.253 e. The molecule has 4 nitrogen and oxygen atoms in total. The van der Waals surface area contributed by atoms with Gasteiger partial charge in [0, 0.05) is 43.5 Å². The normalized spacial score (nSPS) is 20.7. The Bertz CT molecular complexity index is 787. The first-order chi connectivity index (χ1) is 12.1. The quantitative estimate of drug-likeness (QED) is 0.822. The van der Waals surface area contributed by atoms with Gasteiger partial charge in [-0.1, -0.05) is 11.6 Å². The molecule has 1 atom stereocenters. The Balaban J connectivity index is 1.49. The van der Waals surface area contributed by atoms with E-state index in [2.05, 4.69) is 9.55 Å². The summed E-state index contributed by atoms with van der Waals surface area (Å²) < 4.78 is 15.9. The van der Waals surface area contributed by atoms with Crippen LogP contribution < -0.4 is 0 Å². The number of amides is 1. The van der Waals surface area contributed by atoms with Crippen LogP contribution in [0.5, 0.6) is 0 Å². The summed E-state index contributed by atoms with van der Waals surface area (Å²) in [5.41, 5.74) is 0.351. The maximum absolute atomic E-state index is 13.7. The molecule has 1 aromatic heterocycles. The van der Waals surface area contributed by atoms with E-state index in [-0.39, 0.29) is 16.8 Å². The summed E-state index contributed by atoms with van der Waals surface area (Å²) in [5.74, 6) is 1.41. The topological polar surface area (TPSA) is 38.1 Å². The fourth-order valence-corrected chi connectivity index (χ4v) is 3.72. The molecule has 0 radical (unpaired) electrons. The largest absolute Gasteiger partial charge is 0.338 e. The van der Waals surface area contributed by atoms with Crippen molar-refractivity contribution in [3.8, 4) is 0 Å². The zero-order valence-corrected chi connectivity index (χ0v) is 14.8. The second-order valence-corrected chi connectivity index (χ2v) is 7.51. The van der Waals surface area contributed by atoms with Gasteiger partial charge in [0.05, 0.1) is 5.02 Å². The van der Waals surface area contributed by atoms with Crippen LogP contribution in [0.4, 0.5) is 4.39 Å². The fourth-order valence-electron chi connectivity index (χ4n) is 3.60. The van der Waals surface area contributed by atoms with Crippen LogP contribution in [-0.2, 0) is 6.54 Å². The summed E-state index contributed by atoms with van der Waals surface area (Å²) in [7, 11) is 0. The number of aromatic nitrogens is 2. The van der Waals surface area contributed by atoms with Crippen molar-refractivity contribution in [1.82, 2.24) is 14.5 Å². The van der Waals surface area contributed by atoms with Crippen LogP contribution in [0.3, 0.4) is 0 Å². The minimum atomic E-state index is -0.555. The zero-order chi connectivity index (χ0) is 17.4. The summed E-state index contributed by atoms with van der Waals surface area (Å²) in [6.07, 6.45) is 8.46. The Kier molecular flexibility index (Phi) is 4.50. The van der Waals surface area contributed by atoms with E-state index < -0.39 is 5.82 Å². The van der Waals surface area contributed by atoms with E-state index in [1.54, 1.807) is 6.07 Å². The summed E-state index contributed by atoms with van der Waals surface area (Å²) >= 11 is 5.71. The highest BCUT2D eigenvalue weighted by atomic mass is 35.5. The Morgan fingerprint density at radius 2 is 2.16 bits per heavy atom. The first kappa shape index (κ1) is 16.6. The van der Waals surface area contributed by atoms with Gasteiger partial charge in [0.15, 0.2) is 0 Å². The van der Waals surface area contributed by atoms with Crippen molar-refractivity contribution in [2.24, 2.45) is 5.92 Å². The minimum Gasteiger partial charge on any atom is -0.338 e. The van der Waals surface area contributed by atoms with Crippen LogP contribution >= 0.6 is 11.6 Å². The Labute approximate surface area is 151 Å². The first-order valence-corrected chi connectivity index (χ1v) is 9.25. The number of imidazole rings is 1. The monoisotopic (exact) mass is 361 g/mol. The number of carbonyl (C=O) groups is 1. The van der Waals surface area contributed by atoms with Gasteiger partial charge in [-0.3, -0.25) is 4.79 Å². The van der Waals surface area contributed by atoms with Crippen molar-refractivity contribution in [3.05, 3.63) is 52.8 Å². The van der Waals surface area contributed by atoms with E-state index in [1.165, 1.54) is 25.0 Å². The molecular weight excluding hydrogens is 341 g/mol. The summed E-state index contributed by atoms with van der Waals surface area (Å²) in [5, 5.41) is 0.0372.